The van der Waals surface area contributed by atoms with Gasteiger partial charge in [-0.3, -0.25) is 0 Å². The van der Waals surface area contributed by atoms with Crippen molar-refractivity contribution in [2.45, 2.75) is 38.3 Å². The molecule has 2 aromatic rings. The molecule has 0 saturated heterocycles. The molecule has 3 rings (SSSR count). The summed E-state index contributed by atoms with van der Waals surface area (Å²) in [6.45, 7) is 2.26. The van der Waals surface area contributed by atoms with Gasteiger partial charge in [-0.25, -0.2) is 0 Å². The van der Waals surface area contributed by atoms with Gasteiger partial charge in [0.25, 0.3) is 0 Å². The molecule has 1 aromatic heterocycles. The molecule has 1 heterocycles. The third-order valence-corrected chi connectivity index (χ3v) is 5.15. The van der Waals surface area contributed by atoms with Crippen molar-refractivity contribution in [2.24, 2.45) is 0 Å². The molecular formula is C17H21NOS. The number of methoxy groups -OCH3 is 1. The summed E-state index contributed by atoms with van der Waals surface area (Å²) in [4.78, 5) is 1.42. The third-order valence-electron chi connectivity index (χ3n) is 4.10. The van der Waals surface area contributed by atoms with Crippen molar-refractivity contribution in [1.82, 2.24) is 5.32 Å². The van der Waals surface area contributed by atoms with Crippen LogP contribution in [0.5, 0.6) is 5.75 Å². The molecule has 2 atom stereocenters. The van der Waals surface area contributed by atoms with E-state index in [9.17, 15) is 0 Å². The number of nitrogens with one attached hydrogen (secondary N) is 1. The Hall–Kier alpha value is -1.32. The van der Waals surface area contributed by atoms with Gasteiger partial charge in [0, 0.05) is 17.0 Å². The molecule has 1 N–H and O–H groups in total. The van der Waals surface area contributed by atoms with Gasteiger partial charge in [-0.2, -0.15) is 0 Å². The molecule has 106 valence electrons. The van der Waals surface area contributed by atoms with Crippen LogP contribution in [0.3, 0.4) is 0 Å². The minimum Gasteiger partial charge on any atom is -0.497 e. The quantitative estimate of drug-likeness (QED) is 0.919. The Balaban J connectivity index is 1.68. The lowest BCUT2D eigenvalue weighted by Gasteiger charge is -2.28. The van der Waals surface area contributed by atoms with E-state index in [0.29, 0.717) is 12.1 Å². The van der Waals surface area contributed by atoms with E-state index >= 15 is 0 Å². The van der Waals surface area contributed by atoms with E-state index < -0.39 is 0 Å². The van der Waals surface area contributed by atoms with Gasteiger partial charge in [-0.1, -0.05) is 12.1 Å². The lowest BCUT2D eigenvalue weighted by molar-refractivity contribution is 0.404. The molecule has 1 aliphatic carbocycles. The maximum Gasteiger partial charge on any atom is 0.119 e. The molecule has 0 amide bonds. The van der Waals surface area contributed by atoms with Gasteiger partial charge in [0.1, 0.15) is 5.75 Å². The highest BCUT2D eigenvalue weighted by atomic mass is 32.1. The van der Waals surface area contributed by atoms with E-state index in [-0.39, 0.29) is 0 Å². The number of thiophene rings is 1. The minimum atomic E-state index is 0.437. The van der Waals surface area contributed by atoms with Crippen LogP contribution in [0.15, 0.2) is 35.7 Å². The van der Waals surface area contributed by atoms with E-state index in [1.165, 1.54) is 22.4 Å². The lowest BCUT2D eigenvalue weighted by atomic mass is 9.88. The summed E-state index contributed by atoms with van der Waals surface area (Å²) in [6, 6.07) is 11.8. The van der Waals surface area contributed by atoms with Crippen LogP contribution in [0, 0.1) is 0 Å². The maximum atomic E-state index is 5.34. The number of fused-ring (bicyclic) bond motifs is 1. The van der Waals surface area contributed by atoms with Gasteiger partial charge >= 0.3 is 0 Å². The Bertz CT molecular complexity index is 564. The number of benzene rings is 1. The monoisotopic (exact) mass is 287 g/mol. The van der Waals surface area contributed by atoms with E-state index in [2.05, 4.69) is 48.0 Å². The summed E-state index contributed by atoms with van der Waals surface area (Å²) in [7, 11) is 1.74. The Kier molecular flexibility index (Phi) is 4.08. The highest BCUT2D eigenvalue weighted by Crippen LogP contribution is 2.27. The Morgan fingerprint density at radius 1 is 1.30 bits per heavy atom. The molecule has 1 aromatic carbocycles. The van der Waals surface area contributed by atoms with Crippen LogP contribution in [0.25, 0.3) is 0 Å². The van der Waals surface area contributed by atoms with Crippen molar-refractivity contribution in [2.75, 3.05) is 7.11 Å². The van der Waals surface area contributed by atoms with Crippen LogP contribution in [-0.4, -0.2) is 13.2 Å². The fraction of sp³-hybridized carbons (Fsp3) is 0.412. The number of hydrogen-bond donors (Lipinski definition) is 1. The van der Waals surface area contributed by atoms with Gasteiger partial charge < -0.3 is 10.1 Å². The largest absolute Gasteiger partial charge is 0.497 e. The summed E-state index contributed by atoms with van der Waals surface area (Å²) in [5, 5.41) is 5.92. The molecule has 2 unspecified atom stereocenters. The Morgan fingerprint density at radius 3 is 2.95 bits per heavy atom. The topological polar surface area (TPSA) is 21.3 Å². The van der Waals surface area contributed by atoms with Crippen LogP contribution in [0.2, 0.25) is 0 Å². The molecule has 0 saturated carbocycles. The van der Waals surface area contributed by atoms with Gasteiger partial charge in [0.2, 0.25) is 0 Å². The molecule has 20 heavy (non-hydrogen) atoms. The van der Waals surface area contributed by atoms with E-state index in [1.807, 2.05) is 11.3 Å². The number of hydrogen-bond acceptors (Lipinski definition) is 3. The smallest absolute Gasteiger partial charge is 0.119 e. The predicted octanol–water partition coefficient (Wildman–Crippen LogP) is 3.96. The van der Waals surface area contributed by atoms with Crippen molar-refractivity contribution in [3.63, 3.8) is 0 Å². The summed E-state index contributed by atoms with van der Waals surface area (Å²) in [6.07, 6.45) is 3.48. The second-order valence-corrected chi connectivity index (χ2v) is 6.46. The standard InChI is InChI=1S/C17H21NOS/c1-12(17-4-3-9-20-17)18-15-7-5-13-6-8-16(19-2)11-14(13)10-15/h3-4,6,8-9,11-12,15,18H,5,7,10H2,1-2H3. The molecule has 1 aliphatic rings. The third kappa shape index (κ3) is 2.89. The first-order valence-electron chi connectivity index (χ1n) is 7.21. The predicted molar refractivity (Wildman–Crippen MR) is 84.7 cm³/mol. The fourth-order valence-electron chi connectivity index (χ4n) is 2.98. The molecular weight excluding hydrogens is 266 g/mol. The zero-order valence-electron chi connectivity index (χ0n) is 12.1. The molecule has 3 heteroatoms. The van der Waals surface area contributed by atoms with Crippen LogP contribution in [0.4, 0.5) is 0 Å². The second-order valence-electron chi connectivity index (χ2n) is 5.48. The molecule has 0 radical (unpaired) electrons. The summed E-state index contributed by atoms with van der Waals surface area (Å²) in [5.41, 5.74) is 2.92. The normalized spacial score (nSPS) is 19.4. The van der Waals surface area contributed by atoms with E-state index in [1.54, 1.807) is 7.11 Å². The number of aryl methyl sites for hydroxylation is 1. The highest BCUT2D eigenvalue weighted by molar-refractivity contribution is 7.10. The highest BCUT2D eigenvalue weighted by Gasteiger charge is 2.21. The van der Waals surface area contributed by atoms with Crippen LogP contribution in [0.1, 0.15) is 35.4 Å². The van der Waals surface area contributed by atoms with Crippen LogP contribution >= 0.6 is 11.3 Å². The summed E-state index contributed by atoms with van der Waals surface area (Å²) in [5.74, 6) is 0.968. The van der Waals surface area contributed by atoms with E-state index in [0.717, 1.165) is 18.6 Å². The van der Waals surface area contributed by atoms with Crippen molar-refractivity contribution in [1.29, 1.82) is 0 Å². The van der Waals surface area contributed by atoms with Gasteiger partial charge in [-0.15, -0.1) is 11.3 Å². The molecule has 0 aliphatic heterocycles. The van der Waals surface area contributed by atoms with Crippen LogP contribution < -0.4 is 10.1 Å². The first-order valence-corrected chi connectivity index (χ1v) is 8.09. The molecule has 0 spiro atoms. The Morgan fingerprint density at radius 2 is 2.20 bits per heavy atom. The maximum absolute atomic E-state index is 5.34. The van der Waals surface area contributed by atoms with Crippen LogP contribution in [-0.2, 0) is 12.8 Å². The SMILES string of the molecule is COc1ccc2c(c1)CC(NC(C)c1cccs1)CC2. The van der Waals surface area contributed by atoms with Gasteiger partial charge in [0.15, 0.2) is 0 Å². The first-order chi connectivity index (χ1) is 9.76. The van der Waals surface area contributed by atoms with Crippen molar-refractivity contribution in [3.8, 4) is 5.75 Å². The first kappa shape index (κ1) is 13.7. The van der Waals surface area contributed by atoms with Crippen molar-refractivity contribution < 1.29 is 4.74 Å². The zero-order chi connectivity index (χ0) is 13.9. The van der Waals surface area contributed by atoms with E-state index in [4.69, 9.17) is 4.74 Å². The Labute approximate surface area is 124 Å². The lowest BCUT2D eigenvalue weighted by Crippen LogP contribution is -2.36. The second kappa shape index (κ2) is 5.98. The zero-order valence-corrected chi connectivity index (χ0v) is 12.9. The summed E-state index contributed by atoms with van der Waals surface area (Å²) >= 11 is 1.83. The van der Waals surface area contributed by atoms with Crippen molar-refractivity contribution in [3.05, 3.63) is 51.7 Å². The molecule has 2 nitrogen and oxygen atoms in total. The summed E-state index contributed by atoms with van der Waals surface area (Å²) < 4.78 is 5.34. The van der Waals surface area contributed by atoms with Gasteiger partial charge in [0.05, 0.1) is 7.11 Å². The average molecular weight is 287 g/mol. The molecule has 0 bridgehead atoms. The average Bonchev–Trinajstić information content (AvgIpc) is 3.00. The molecule has 0 fully saturated rings. The van der Waals surface area contributed by atoms with Crippen molar-refractivity contribution >= 4 is 11.3 Å². The van der Waals surface area contributed by atoms with Gasteiger partial charge in [-0.05, 0) is 60.9 Å². The number of ether oxygens (including phenoxy) is 1. The minimum absolute atomic E-state index is 0.437. The number of rotatable bonds is 4. The fourth-order valence-corrected chi connectivity index (χ4v) is 3.72.